The zero-order valence-electron chi connectivity index (χ0n) is 19.6. The highest BCUT2D eigenvalue weighted by atomic mass is 127. The Labute approximate surface area is 210 Å². The second-order valence-corrected chi connectivity index (χ2v) is 8.18. The zero-order valence-corrected chi connectivity index (χ0v) is 21.9. The third-order valence-corrected chi connectivity index (χ3v) is 5.97. The van der Waals surface area contributed by atoms with Gasteiger partial charge in [-0.2, -0.15) is 0 Å². The molecule has 182 valence electrons. The number of ether oxygens (including phenoxy) is 4. The highest BCUT2D eigenvalue weighted by molar-refractivity contribution is 14.0. The van der Waals surface area contributed by atoms with Crippen molar-refractivity contribution in [3.05, 3.63) is 29.8 Å². The second-order valence-electron chi connectivity index (χ2n) is 8.18. The van der Waals surface area contributed by atoms with E-state index in [1.54, 1.807) is 0 Å². The Kier molecular flexibility index (Phi) is 12.7. The number of guanidine groups is 1. The number of hydrogen-bond donors (Lipinski definition) is 2. The molecule has 1 aromatic rings. The molecule has 0 spiro atoms. The lowest BCUT2D eigenvalue weighted by atomic mass is 9.74. The van der Waals surface area contributed by atoms with Crippen molar-refractivity contribution in [1.82, 2.24) is 10.6 Å². The number of benzene rings is 1. The van der Waals surface area contributed by atoms with Crippen LogP contribution in [-0.4, -0.2) is 71.3 Å². The topological polar surface area (TPSA) is 73.3 Å². The fraction of sp³-hybridized carbons (Fsp3) is 0.708. The second kappa shape index (κ2) is 14.9. The van der Waals surface area contributed by atoms with Gasteiger partial charge in [0.05, 0.1) is 25.9 Å². The standard InChI is InChI=1S/C24H39N3O4.HI/c1-3-25-23(26-13-5-14-31-22-10-15-29-18-22)27-19-24(11-16-28-17-12-24)20-6-8-21(9-7-20)30-4-2;/h6-9,22H,3-5,10-19H2,1-2H3,(H2,25,26,27);1H. The van der Waals surface area contributed by atoms with E-state index < -0.39 is 0 Å². The molecule has 3 rings (SSSR count). The van der Waals surface area contributed by atoms with E-state index in [4.69, 9.17) is 23.9 Å². The van der Waals surface area contributed by atoms with E-state index >= 15 is 0 Å². The molecule has 0 aromatic heterocycles. The van der Waals surface area contributed by atoms with Gasteiger partial charge in [0.25, 0.3) is 0 Å². The molecule has 2 N–H and O–H groups in total. The van der Waals surface area contributed by atoms with Gasteiger partial charge in [0.1, 0.15) is 5.75 Å². The van der Waals surface area contributed by atoms with Crippen LogP contribution in [0, 0.1) is 0 Å². The number of nitrogens with one attached hydrogen (secondary N) is 2. The first-order chi connectivity index (χ1) is 15.3. The molecule has 1 unspecified atom stereocenters. The molecule has 0 aliphatic carbocycles. The van der Waals surface area contributed by atoms with E-state index in [1.165, 1.54) is 5.56 Å². The molecule has 2 saturated heterocycles. The number of aliphatic imine (C=N–C) groups is 1. The molecule has 8 heteroatoms. The predicted octanol–water partition coefficient (Wildman–Crippen LogP) is 3.50. The molecule has 0 amide bonds. The van der Waals surface area contributed by atoms with Crippen molar-refractivity contribution < 1.29 is 18.9 Å². The highest BCUT2D eigenvalue weighted by Crippen LogP contribution is 2.36. The minimum absolute atomic E-state index is 0. The smallest absolute Gasteiger partial charge is 0.191 e. The fourth-order valence-corrected chi connectivity index (χ4v) is 4.12. The van der Waals surface area contributed by atoms with Crippen LogP contribution >= 0.6 is 24.0 Å². The summed E-state index contributed by atoms with van der Waals surface area (Å²) in [6.45, 7) is 11.0. The molecule has 2 aliphatic rings. The van der Waals surface area contributed by atoms with Gasteiger partial charge in [0.15, 0.2) is 5.96 Å². The molecule has 2 fully saturated rings. The maximum absolute atomic E-state index is 5.85. The SMILES string of the molecule is CCNC(=NCC1(c2ccc(OCC)cc2)CCOCC1)NCCCOC1CCOC1.I. The van der Waals surface area contributed by atoms with Crippen LogP contribution in [-0.2, 0) is 19.6 Å². The summed E-state index contributed by atoms with van der Waals surface area (Å²) in [6, 6.07) is 8.52. The van der Waals surface area contributed by atoms with Gasteiger partial charge in [-0.15, -0.1) is 24.0 Å². The Bertz CT molecular complexity index is 660. The Morgan fingerprint density at radius 3 is 2.53 bits per heavy atom. The summed E-state index contributed by atoms with van der Waals surface area (Å²) in [4.78, 5) is 4.97. The lowest BCUT2D eigenvalue weighted by Gasteiger charge is -2.36. The quantitative estimate of drug-likeness (QED) is 0.187. The molecule has 0 bridgehead atoms. The van der Waals surface area contributed by atoms with Crippen LogP contribution < -0.4 is 15.4 Å². The summed E-state index contributed by atoms with van der Waals surface area (Å²) < 4.78 is 22.5. The van der Waals surface area contributed by atoms with Crippen molar-refractivity contribution >= 4 is 29.9 Å². The number of hydrogen-bond acceptors (Lipinski definition) is 5. The largest absolute Gasteiger partial charge is 0.494 e. The maximum Gasteiger partial charge on any atom is 0.191 e. The fourth-order valence-electron chi connectivity index (χ4n) is 4.12. The van der Waals surface area contributed by atoms with Gasteiger partial charge < -0.3 is 29.6 Å². The molecule has 32 heavy (non-hydrogen) atoms. The average Bonchev–Trinajstić information content (AvgIpc) is 3.32. The third-order valence-electron chi connectivity index (χ3n) is 5.97. The van der Waals surface area contributed by atoms with Gasteiger partial charge in [0.2, 0.25) is 0 Å². The van der Waals surface area contributed by atoms with Gasteiger partial charge in [-0.25, -0.2) is 0 Å². The summed E-state index contributed by atoms with van der Waals surface area (Å²) in [5.41, 5.74) is 1.31. The summed E-state index contributed by atoms with van der Waals surface area (Å²) >= 11 is 0. The average molecular weight is 562 g/mol. The Balaban J connectivity index is 0.00000363. The number of halogens is 1. The minimum Gasteiger partial charge on any atom is -0.494 e. The highest BCUT2D eigenvalue weighted by Gasteiger charge is 2.34. The van der Waals surface area contributed by atoms with Crippen LogP contribution in [0.2, 0.25) is 0 Å². The Morgan fingerprint density at radius 2 is 1.88 bits per heavy atom. The third kappa shape index (κ3) is 8.35. The van der Waals surface area contributed by atoms with Gasteiger partial charge >= 0.3 is 0 Å². The van der Waals surface area contributed by atoms with Gasteiger partial charge in [-0.3, -0.25) is 4.99 Å². The van der Waals surface area contributed by atoms with E-state index in [2.05, 4.69) is 41.8 Å². The van der Waals surface area contributed by atoms with E-state index in [-0.39, 0.29) is 35.5 Å². The maximum atomic E-state index is 5.85. The van der Waals surface area contributed by atoms with Crippen molar-refractivity contribution in [1.29, 1.82) is 0 Å². The molecule has 1 aromatic carbocycles. The Hall–Kier alpha value is -1.10. The minimum atomic E-state index is -0.00305. The molecule has 0 radical (unpaired) electrons. The first kappa shape index (κ1) is 27.1. The Morgan fingerprint density at radius 1 is 1.09 bits per heavy atom. The van der Waals surface area contributed by atoms with Crippen LogP contribution in [0.1, 0.15) is 45.1 Å². The summed E-state index contributed by atoms with van der Waals surface area (Å²) in [6.07, 6.45) is 4.17. The van der Waals surface area contributed by atoms with Crippen molar-refractivity contribution in [2.75, 3.05) is 59.3 Å². The number of rotatable bonds is 11. The first-order valence-electron chi connectivity index (χ1n) is 11.8. The van der Waals surface area contributed by atoms with E-state index in [0.717, 1.165) is 90.1 Å². The van der Waals surface area contributed by atoms with Crippen LogP contribution in [0.25, 0.3) is 0 Å². The molecule has 2 heterocycles. The molecular formula is C24H40IN3O4. The van der Waals surface area contributed by atoms with Crippen molar-refractivity contribution in [3.8, 4) is 5.75 Å². The van der Waals surface area contributed by atoms with Crippen LogP contribution in [0.15, 0.2) is 29.3 Å². The lowest BCUT2D eigenvalue weighted by Crippen LogP contribution is -2.41. The lowest BCUT2D eigenvalue weighted by molar-refractivity contribution is 0.0419. The number of nitrogens with zero attached hydrogens (tertiary/aromatic N) is 1. The van der Waals surface area contributed by atoms with Crippen LogP contribution in [0.4, 0.5) is 0 Å². The van der Waals surface area contributed by atoms with Gasteiger partial charge in [-0.05, 0) is 57.2 Å². The predicted molar refractivity (Wildman–Crippen MR) is 139 cm³/mol. The van der Waals surface area contributed by atoms with E-state index in [0.29, 0.717) is 6.61 Å². The molecular weight excluding hydrogens is 521 g/mol. The molecule has 2 aliphatic heterocycles. The van der Waals surface area contributed by atoms with E-state index in [1.807, 2.05) is 6.92 Å². The van der Waals surface area contributed by atoms with Crippen LogP contribution in [0.5, 0.6) is 5.75 Å². The normalized spacial score (nSPS) is 20.4. The van der Waals surface area contributed by atoms with Crippen molar-refractivity contribution in [2.45, 2.75) is 51.0 Å². The summed E-state index contributed by atoms with van der Waals surface area (Å²) in [7, 11) is 0. The molecule has 1 atom stereocenters. The summed E-state index contributed by atoms with van der Waals surface area (Å²) in [5, 5.41) is 6.83. The monoisotopic (exact) mass is 561 g/mol. The van der Waals surface area contributed by atoms with Crippen molar-refractivity contribution in [3.63, 3.8) is 0 Å². The van der Waals surface area contributed by atoms with Gasteiger partial charge in [-0.1, -0.05) is 12.1 Å². The first-order valence-corrected chi connectivity index (χ1v) is 11.8. The zero-order chi connectivity index (χ0) is 21.8. The molecule has 0 saturated carbocycles. The van der Waals surface area contributed by atoms with Crippen molar-refractivity contribution in [2.24, 2.45) is 4.99 Å². The molecule has 7 nitrogen and oxygen atoms in total. The van der Waals surface area contributed by atoms with Gasteiger partial charge in [0, 0.05) is 44.9 Å². The van der Waals surface area contributed by atoms with Crippen LogP contribution in [0.3, 0.4) is 0 Å². The summed E-state index contributed by atoms with van der Waals surface area (Å²) in [5.74, 6) is 1.78. The van der Waals surface area contributed by atoms with E-state index in [9.17, 15) is 0 Å².